The van der Waals surface area contributed by atoms with E-state index < -0.39 is 0 Å². The van der Waals surface area contributed by atoms with Crippen molar-refractivity contribution in [2.45, 2.75) is 20.8 Å². The highest BCUT2D eigenvalue weighted by molar-refractivity contribution is 9.10. The number of methoxy groups -OCH3 is 1. The van der Waals surface area contributed by atoms with Crippen molar-refractivity contribution in [2.75, 3.05) is 19.0 Å². The number of halogens is 1. The normalized spacial score (nSPS) is 10.3. The molecule has 0 unspecified atom stereocenters. The summed E-state index contributed by atoms with van der Waals surface area (Å²) >= 11 is 3.43. The van der Waals surface area contributed by atoms with Crippen LogP contribution in [0.15, 0.2) is 34.8 Å². The molecule has 0 heterocycles. The average Bonchev–Trinajstić information content (AvgIpc) is 2.51. The van der Waals surface area contributed by atoms with Gasteiger partial charge in [0.05, 0.1) is 18.2 Å². The van der Waals surface area contributed by atoms with Crippen LogP contribution in [-0.2, 0) is 0 Å². The third kappa shape index (κ3) is 3.85. The van der Waals surface area contributed by atoms with Crippen LogP contribution in [0.5, 0.6) is 11.5 Å². The lowest BCUT2D eigenvalue weighted by atomic mass is 10.1. The van der Waals surface area contributed by atoms with Gasteiger partial charge in [-0.2, -0.15) is 0 Å². The number of aryl methyl sites for hydroxylation is 2. The predicted octanol–water partition coefficient (Wildman–Crippen LogP) is 4.73. The van der Waals surface area contributed by atoms with Crippen LogP contribution in [0.1, 0.15) is 28.4 Å². The van der Waals surface area contributed by atoms with Crippen LogP contribution in [0.2, 0.25) is 0 Å². The van der Waals surface area contributed by atoms with E-state index in [2.05, 4.69) is 21.2 Å². The van der Waals surface area contributed by atoms with E-state index in [0.717, 1.165) is 16.8 Å². The SMILES string of the molecule is CCOc1cc(C(=O)Nc2c(C)cccc2C)cc(Br)c1OC. The molecule has 1 N–H and O–H groups in total. The Morgan fingerprint density at radius 3 is 2.43 bits per heavy atom. The molecule has 4 nitrogen and oxygen atoms in total. The van der Waals surface area contributed by atoms with Crippen molar-refractivity contribution < 1.29 is 14.3 Å². The Hall–Kier alpha value is -2.01. The number of benzene rings is 2. The number of ether oxygens (including phenoxy) is 2. The number of carbonyl (C=O) groups excluding carboxylic acids is 1. The molecule has 0 aliphatic carbocycles. The number of amides is 1. The van der Waals surface area contributed by atoms with Crippen molar-refractivity contribution in [3.8, 4) is 11.5 Å². The average molecular weight is 378 g/mol. The second-order valence-corrected chi connectivity index (χ2v) is 6.00. The monoisotopic (exact) mass is 377 g/mol. The number of carbonyl (C=O) groups is 1. The van der Waals surface area contributed by atoms with Gasteiger partial charge in [-0.05, 0) is 60.0 Å². The van der Waals surface area contributed by atoms with E-state index in [9.17, 15) is 4.79 Å². The molecule has 122 valence electrons. The molecule has 0 aliphatic heterocycles. The van der Waals surface area contributed by atoms with E-state index in [-0.39, 0.29) is 5.91 Å². The van der Waals surface area contributed by atoms with Crippen molar-refractivity contribution in [2.24, 2.45) is 0 Å². The molecule has 0 atom stereocenters. The third-order valence-corrected chi connectivity index (χ3v) is 4.08. The smallest absolute Gasteiger partial charge is 0.255 e. The van der Waals surface area contributed by atoms with Gasteiger partial charge in [0.2, 0.25) is 0 Å². The predicted molar refractivity (Wildman–Crippen MR) is 95.7 cm³/mol. The van der Waals surface area contributed by atoms with Gasteiger partial charge in [0, 0.05) is 11.3 Å². The molecule has 1 amide bonds. The molecule has 2 rings (SSSR count). The molecule has 0 spiro atoms. The molecule has 2 aromatic carbocycles. The molecule has 5 heteroatoms. The Kier molecular flexibility index (Phi) is 5.66. The quantitative estimate of drug-likeness (QED) is 0.819. The number of hydrogen-bond donors (Lipinski definition) is 1. The summed E-state index contributed by atoms with van der Waals surface area (Å²) in [5.74, 6) is 0.929. The van der Waals surface area contributed by atoms with Crippen LogP contribution in [0.25, 0.3) is 0 Å². The summed E-state index contributed by atoms with van der Waals surface area (Å²) in [4.78, 5) is 12.6. The van der Waals surface area contributed by atoms with Crippen molar-refractivity contribution in [3.05, 3.63) is 51.5 Å². The molecular weight excluding hydrogens is 358 g/mol. The molecular formula is C18H20BrNO3. The number of hydrogen-bond acceptors (Lipinski definition) is 3. The highest BCUT2D eigenvalue weighted by Crippen LogP contribution is 2.36. The van der Waals surface area contributed by atoms with Gasteiger partial charge in [-0.1, -0.05) is 18.2 Å². The summed E-state index contributed by atoms with van der Waals surface area (Å²) < 4.78 is 11.6. The van der Waals surface area contributed by atoms with E-state index in [1.54, 1.807) is 19.2 Å². The van der Waals surface area contributed by atoms with E-state index >= 15 is 0 Å². The first-order chi connectivity index (χ1) is 11.0. The molecule has 0 aliphatic rings. The molecule has 2 aromatic rings. The summed E-state index contributed by atoms with van der Waals surface area (Å²) in [6.45, 7) is 6.32. The fraction of sp³-hybridized carbons (Fsp3) is 0.278. The van der Waals surface area contributed by atoms with Crippen LogP contribution in [0.4, 0.5) is 5.69 Å². The lowest BCUT2D eigenvalue weighted by Gasteiger charge is -2.15. The maximum absolute atomic E-state index is 12.6. The minimum Gasteiger partial charge on any atom is -0.492 e. The molecule has 0 radical (unpaired) electrons. The summed E-state index contributed by atoms with van der Waals surface area (Å²) in [6.07, 6.45) is 0. The maximum atomic E-state index is 12.6. The first kappa shape index (κ1) is 17.3. The lowest BCUT2D eigenvalue weighted by molar-refractivity contribution is 0.102. The number of para-hydroxylation sites is 1. The van der Waals surface area contributed by atoms with E-state index in [4.69, 9.17) is 9.47 Å². The number of rotatable bonds is 5. The van der Waals surface area contributed by atoms with Crippen molar-refractivity contribution in [1.82, 2.24) is 0 Å². The Bertz CT molecular complexity index is 708. The minimum atomic E-state index is -0.188. The fourth-order valence-electron chi connectivity index (χ4n) is 2.36. The minimum absolute atomic E-state index is 0.188. The Morgan fingerprint density at radius 2 is 1.87 bits per heavy atom. The second-order valence-electron chi connectivity index (χ2n) is 5.14. The highest BCUT2D eigenvalue weighted by atomic mass is 79.9. The van der Waals surface area contributed by atoms with Crippen molar-refractivity contribution in [3.63, 3.8) is 0 Å². The van der Waals surface area contributed by atoms with Gasteiger partial charge in [-0.25, -0.2) is 0 Å². The maximum Gasteiger partial charge on any atom is 0.255 e. The highest BCUT2D eigenvalue weighted by Gasteiger charge is 2.16. The van der Waals surface area contributed by atoms with Gasteiger partial charge in [0.1, 0.15) is 0 Å². The van der Waals surface area contributed by atoms with E-state index in [1.807, 2.05) is 39.0 Å². The van der Waals surface area contributed by atoms with Crippen LogP contribution in [-0.4, -0.2) is 19.6 Å². The molecule has 0 aromatic heterocycles. The number of anilines is 1. The second kappa shape index (κ2) is 7.51. The summed E-state index contributed by atoms with van der Waals surface area (Å²) in [6, 6.07) is 9.33. The summed E-state index contributed by atoms with van der Waals surface area (Å²) in [7, 11) is 1.57. The summed E-state index contributed by atoms with van der Waals surface area (Å²) in [5, 5.41) is 2.97. The topological polar surface area (TPSA) is 47.6 Å². The zero-order chi connectivity index (χ0) is 17.0. The van der Waals surface area contributed by atoms with Gasteiger partial charge >= 0.3 is 0 Å². The van der Waals surface area contributed by atoms with Crippen LogP contribution < -0.4 is 14.8 Å². The van der Waals surface area contributed by atoms with Gasteiger partial charge < -0.3 is 14.8 Å². The molecule has 0 saturated heterocycles. The molecule has 23 heavy (non-hydrogen) atoms. The Morgan fingerprint density at radius 1 is 1.22 bits per heavy atom. The largest absolute Gasteiger partial charge is 0.492 e. The van der Waals surface area contributed by atoms with Crippen molar-refractivity contribution >= 4 is 27.5 Å². The van der Waals surface area contributed by atoms with Gasteiger partial charge in [0.15, 0.2) is 11.5 Å². The Labute approximate surface area is 144 Å². The van der Waals surface area contributed by atoms with Crippen LogP contribution in [0, 0.1) is 13.8 Å². The van der Waals surface area contributed by atoms with Crippen molar-refractivity contribution in [1.29, 1.82) is 0 Å². The summed E-state index contributed by atoms with van der Waals surface area (Å²) in [5.41, 5.74) is 3.39. The third-order valence-electron chi connectivity index (χ3n) is 3.50. The zero-order valence-corrected chi connectivity index (χ0v) is 15.3. The molecule has 0 fully saturated rings. The van der Waals surface area contributed by atoms with Crippen LogP contribution >= 0.6 is 15.9 Å². The van der Waals surface area contributed by atoms with E-state index in [1.165, 1.54) is 0 Å². The van der Waals surface area contributed by atoms with Gasteiger partial charge in [0.25, 0.3) is 5.91 Å². The van der Waals surface area contributed by atoms with Gasteiger partial charge in [-0.3, -0.25) is 4.79 Å². The Balaban J connectivity index is 2.36. The fourth-order valence-corrected chi connectivity index (χ4v) is 2.96. The van der Waals surface area contributed by atoms with Crippen LogP contribution in [0.3, 0.4) is 0 Å². The van der Waals surface area contributed by atoms with E-state index in [0.29, 0.717) is 28.1 Å². The zero-order valence-electron chi connectivity index (χ0n) is 13.7. The first-order valence-corrected chi connectivity index (χ1v) is 8.15. The lowest BCUT2D eigenvalue weighted by Crippen LogP contribution is -2.14. The van der Waals surface area contributed by atoms with Gasteiger partial charge in [-0.15, -0.1) is 0 Å². The number of nitrogens with one attached hydrogen (secondary N) is 1. The molecule has 0 bridgehead atoms. The molecule has 0 saturated carbocycles. The first-order valence-electron chi connectivity index (χ1n) is 7.35. The standard InChI is InChI=1S/C18H20BrNO3/c1-5-23-15-10-13(9-14(19)17(15)22-4)18(21)20-16-11(2)7-6-8-12(16)3/h6-10H,5H2,1-4H3,(H,20,21).